The maximum absolute atomic E-state index is 13.0. The fourth-order valence-corrected chi connectivity index (χ4v) is 4.96. The number of hydrogen-bond donors (Lipinski definition) is 1. The number of aryl methyl sites for hydroxylation is 1. The molecule has 0 bridgehead atoms. The van der Waals surface area contributed by atoms with E-state index in [9.17, 15) is 18.0 Å². The molecule has 1 aromatic carbocycles. The Kier molecular flexibility index (Phi) is 7.17. The zero-order valence-electron chi connectivity index (χ0n) is 16.6. The smallest absolute Gasteiger partial charge is 0.355 e. The van der Waals surface area contributed by atoms with E-state index < -0.39 is 28.5 Å². The molecule has 0 unspecified atom stereocenters. The number of esters is 1. The number of amides is 1. The average Bonchev–Trinajstić information content (AvgIpc) is 2.96. The van der Waals surface area contributed by atoms with E-state index >= 15 is 0 Å². The van der Waals surface area contributed by atoms with Crippen LogP contribution in [-0.2, 0) is 26.6 Å². The second-order valence-electron chi connectivity index (χ2n) is 7.09. The summed E-state index contributed by atoms with van der Waals surface area (Å²) in [6.07, 6.45) is 5.35. The highest BCUT2D eigenvalue weighted by molar-refractivity contribution is 7.89. The summed E-state index contributed by atoms with van der Waals surface area (Å²) >= 11 is 6.13. The number of halogens is 1. The molecule has 1 aliphatic rings. The number of anilines is 1. The second-order valence-corrected chi connectivity index (χ2v) is 9.43. The third kappa shape index (κ3) is 5.21. The molecule has 0 spiro atoms. The van der Waals surface area contributed by atoms with Gasteiger partial charge in [0.25, 0.3) is 5.91 Å². The lowest BCUT2D eigenvalue weighted by molar-refractivity contribution is -0.119. The largest absolute Gasteiger partial charge is 0.451 e. The van der Waals surface area contributed by atoms with Crippen molar-refractivity contribution in [2.75, 3.05) is 25.0 Å². The van der Waals surface area contributed by atoms with Crippen molar-refractivity contribution in [2.24, 2.45) is 7.05 Å². The van der Waals surface area contributed by atoms with Crippen molar-refractivity contribution in [1.82, 2.24) is 8.87 Å². The van der Waals surface area contributed by atoms with Gasteiger partial charge in [-0.2, -0.15) is 4.31 Å². The number of carbonyl (C=O) groups is 2. The number of rotatable bonds is 6. The predicted octanol–water partition coefficient (Wildman–Crippen LogP) is 3.04. The number of benzene rings is 1. The molecule has 1 aliphatic heterocycles. The van der Waals surface area contributed by atoms with Crippen LogP contribution in [0.1, 0.15) is 36.2 Å². The molecule has 2 heterocycles. The van der Waals surface area contributed by atoms with Crippen LogP contribution in [0.25, 0.3) is 0 Å². The fourth-order valence-electron chi connectivity index (χ4n) is 3.26. The number of sulfonamides is 1. The fraction of sp³-hybridized carbons (Fsp3) is 0.400. The Morgan fingerprint density at radius 1 is 1.13 bits per heavy atom. The van der Waals surface area contributed by atoms with Gasteiger partial charge in [0, 0.05) is 26.3 Å². The van der Waals surface area contributed by atoms with Gasteiger partial charge in [0.05, 0.1) is 15.6 Å². The summed E-state index contributed by atoms with van der Waals surface area (Å²) in [7, 11) is -2.00. The Bertz CT molecular complexity index is 1030. The summed E-state index contributed by atoms with van der Waals surface area (Å²) in [6.45, 7) is 0.424. The van der Waals surface area contributed by atoms with Crippen molar-refractivity contribution in [3.05, 3.63) is 47.2 Å². The van der Waals surface area contributed by atoms with Crippen LogP contribution in [0.3, 0.4) is 0 Å². The van der Waals surface area contributed by atoms with Gasteiger partial charge in [-0.3, -0.25) is 4.79 Å². The molecule has 2 aromatic rings. The Balaban J connectivity index is 1.68. The summed E-state index contributed by atoms with van der Waals surface area (Å²) in [5.74, 6) is -1.26. The summed E-state index contributed by atoms with van der Waals surface area (Å²) in [4.78, 5) is 24.3. The van der Waals surface area contributed by atoms with E-state index in [1.165, 1.54) is 22.5 Å². The van der Waals surface area contributed by atoms with Gasteiger partial charge in [0.2, 0.25) is 10.0 Å². The van der Waals surface area contributed by atoms with Crippen molar-refractivity contribution in [2.45, 2.75) is 30.6 Å². The van der Waals surface area contributed by atoms with Crippen LogP contribution in [-0.4, -0.2) is 48.9 Å². The lowest BCUT2D eigenvalue weighted by Crippen LogP contribution is -2.32. The van der Waals surface area contributed by atoms with Crippen LogP contribution in [0.4, 0.5) is 5.69 Å². The van der Waals surface area contributed by atoms with Crippen LogP contribution in [0, 0.1) is 0 Å². The molecule has 0 saturated carbocycles. The average molecular weight is 454 g/mol. The van der Waals surface area contributed by atoms with Gasteiger partial charge in [-0.25, -0.2) is 13.2 Å². The minimum absolute atomic E-state index is 0.0601. The third-order valence-corrected chi connectivity index (χ3v) is 7.13. The van der Waals surface area contributed by atoms with Gasteiger partial charge in [-0.05, 0) is 43.2 Å². The molecule has 1 fully saturated rings. The molecule has 0 aliphatic carbocycles. The molecule has 10 heteroatoms. The van der Waals surface area contributed by atoms with Crippen molar-refractivity contribution in [1.29, 1.82) is 0 Å². The van der Waals surface area contributed by atoms with Crippen molar-refractivity contribution >= 4 is 39.2 Å². The number of carbonyl (C=O) groups excluding carboxylic acids is 2. The second kappa shape index (κ2) is 9.63. The van der Waals surface area contributed by atoms with E-state index in [-0.39, 0.29) is 15.6 Å². The first-order valence-corrected chi connectivity index (χ1v) is 11.5. The van der Waals surface area contributed by atoms with Crippen molar-refractivity contribution < 1.29 is 22.7 Å². The SMILES string of the molecule is Cn1cccc1C(=O)OCC(=O)Nc1cc(S(=O)(=O)N2CCCCCC2)ccc1Cl. The predicted molar refractivity (Wildman–Crippen MR) is 113 cm³/mol. The Morgan fingerprint density at radius 3 is 2.47 bits per heavy atom. The molecule has 1 saturated heterocycles. The maximum Gasteiger partial charge on any atom is 0.355 e. The number of ether oxygens (including phenoxy) is 1. The lowest BCUT2D eigenvalue weighted by Gasteiger charge is -2.20. The van der Waals surface area contributed by atoms with E-state index in [2.05, 4.69) is 5.32 Å². The van der Waals surface area contributed by atoms with Gasteiger partial charge in [-0.1, -0.05) is 24.4 Å². The van der Waals surface area contributed by atoms with Crippen LogP contribution < -0.4 is 5.32 Å². The maximum atomic E-state index is 13.0. The monoisotopic (exact) mass is 453 g/mol. The normalized spacial score (nSPS) is 15.4. The molecule has 1 amide bonds. The van der Waals surface area contributed by atoms with E-state index in [0.717, 1.165) is 25.7 Å². The minimum atomic E-state index is -3.69. The van der Waals surface area contributed by atoms with Gasteiger partial charge in [-0.15, -0.1) is 0 Å². The Hall–Kier alpha value is -2.36. The summed E-state index contributed by atoms with van der Waals surface area (Å²) < 4.78 is 34.0. The van der Waals surface area contributed by atoms with Gasteiger partial charge in [0.15, 0.2) is 6.61 Å². The lowest BCUT2D eigenvalue weighted by atomic mass is 10.2. The molecule has 8 nitrogen and oxygen atoms in total. The number of hydrogen-bond acceptors (Lipinski definition) is 5. The molecule has 0 radical (unpaired) electrons. The van der Waals surface area contributed by atoms with E-state index in [1.54, 1.807) is 29.9 Å². The van der Waals surface area contributed by atoms with E-state index in [1.807, 2.05) is 0 Å². The summed E-state index contributed by atoms with van der Waals surface area (Å²) in [5, 5.41) is 2.70. The highest BCUT2D eigenvalue weighted by Gasteiger charge is 2.26. The molecule has 162 valence electrons. The topological polar surface area (TPSA) is 97.7 Å². The first kappa shape index (κ1) is 22.3. The van der Waals surface area contributed by atoms with Crippen molar-refractivity contribution in [3.63, 3.8) is 0 Å². The zero-order valence-corrected chi connectivity index (χ0v) is 18.2. The minimum Gasteiger partial charge on any atom is -0.451 e. The van der Waals surface area contributed by atoms with Gasteiger partial charge < -0.3 is 14.6 Å². The highest BCUT2D eigenvalue weighted by Crippen LogP contribution is 2.28. The molecule has 0 atom stereocenters. The summed E-state index contributed by atoms with van der Waals surface area (Å²) in [5.41, 5.74) is 0.457. The van der Waals surface area contributed by atoms with Gasteiger partial charge in [0.1, 0.15) is 5.69 Å². The zero-order chi connectivity index (χ0) is 21.7. The quantitative estimate of drug-likeness (QED) is 0.678. The summed E-state index contributed by atoms with van der Waals surface area (Å²) in [6, 6.07) is 7.45. The number of nitrogens with one attached hydrogen (secondary N) is 1. The Labute approximate surface area is 180 Å². The van der Waals surface area contributed by atoms with Crippen LogP contribution in [0.15, 0.2) is 41.4 Å². The molecular formula is C20H24ClN3O5S. The number of aromatic nitrogens is 1. The molecule has 1 aromatic heterocycles. The third-order valence-electron chi connectivity index (χ3n) is 4.90. The van der Waals surface area contributed by atoms with Crippen LogP contribution >= 0.6 is 11.6 Å². The Morgan fingerprint density at radius 2 is 1.83 bits per heavy atom. The molecule has 30 heavy (non-hydrogen) atoms. The molecule has 1 N–H and O–H groups in total. The van der Waals surface area contributed by atoms with E-state index in [0.29, 0.717) is 18.8 Å². The molecule has 3 rings (SSSR count). The van der Waals surface area contributed by atoms with Crippen molar-refractivity contribution in [3.8, 4) is 0 Å². The van der Waals surface area contributed by atoms with Crippen LogP contribution in [0.2, 0.25) is 5.02 Å². The standard InChI is InChI=1S/C20H24ClN3O5S/c1-23-10-6-7-18(23)20(26)29-14-19(25)22-17-13-15(8-9-16(17)21)30(27,28)24-11-4-2-3-5-12-24/h6-10,13H,2-5,11-12,14H2,1H3,(H,22,25). The van der Waals surface area contributed by atoms with Crippen LogP contribution in [0.5, 0.6) is 0 Å². The number of nitrogens with zero attached hydrogens (tertiary/aromatic N) is 2. The highest BCUT2D eigenvalue weighted by atomic mass is 35.5. The molecular weight excluding hydrogens is 430 g/mol. The van der Waals surface area contributed by atoms with Gasteiger partial charge >= 0.3 is 5.97 Å². The van der Waals surface area contributed by atoms with E-state index in [4.69, 9.17) is 16.3 Å². The first-order valence-electron chi connectivity index (χ1n) is 9.67. The first-order chi connectivity index (χ1) is 14.3.